The first kappa shape index (κ1) is 37.5. The van der Waals surface area contributed by atoms with E-state index in [-0.39, 0.29) is 12.8 Å². The van der Waals surface area contributed by atoms with E-state index >= 15 is 0 Å². The Morgan fingerprint density at radius 2 is 1.21 bits per heavy atom. The molecule has 0 heterocycles. The van der Waals surface area contributed by atoms with E-state index in [1.807, 2.05) is 0 Å². The number of unbranched alkanes of at least 4 members (excludes halogenated alkanes) is 3. The molecule has 0 fully saturated rings. The van der Waals surface area contributed by atoms with Crippen LogP contribution in [0.5, 0.6) is 0 Å². The third-order valence-electron chi connectivity index (χ3n) is 6.55. The minimum absolute atomic E-state index is 0.0119. The second-order valence-corrected chi connectivity index (χ2v) is 23.0. The monoisotopic (exact) mass is 678 g/mol. The van der Waals surface area contributed by atoms with Crippen molar-refractivity contribution >= 4 is 30.3 Å². The molecule has 0 aliphatic rings. The Kier molecular flexibility index (Phi) is 18.1. The van der Waals surface area contributed by atoms with Gasteiger partial charge in [0.1, 0.15) is 0 Å². The van der Waals surface area contributed by atoms with Gasteiger partial charge in [-0.2, -0.15) is 0 Å². The Labute approximate surface area is 233 Å². The van der Waals surface area contributed by atoms with E-state index in [0.29, 0.717) is 0 Å². The van der Waals surface area contributed by atoms with Gasteiger partial charge in [0, 0.05) is 0 Å². The SMILES string of the molecule is C=C/C=C/CCC(C/C=[CH]/[Sn]([CH2]CCC)([CH2]CCC)[CH2]CCC)(C(=O)OCC(F)(F)F)C(=O)OCC(F)(F)F. The number of esters is 2. The summed E-state index contributed by atoms with van der Waals surface area (Å²) in [7, 11) is 0. The van der Waals surface area contributed by atoms with E-state index in [1.54, 1.807) is 6.08 Å². The normalized spacial score (nSPS) is 13.3. The van der Waals surface area contributed by atoms with Crippen LogP contribution in [0, 0.1) is 5.41 Å². The molecule has 0 atom stereocenters. The quantitative estimate of drug-likeness (QED) is 0.0425. The van der Waals surface area contributed by atoms with Crippen LogP contribution in [0.1, 0.15) is 78.6 Å². The van der Waals surface area contributed by atoms with E-state index in [2.05, 4.69) is 40.9 Å². The van der Waals surface area contributed by atoms with E-state index < -0.39 is 67.7 Å². The number of halogens is 6. The van der Waals surface area contributed by atoms with Crippen LogP contribution in [-0.4, -0.2) is 55.9 Å². The molecule has 0 aliphatic heterocycles. The minimum atomic E-state index is -4.87. The van der Waals surface area contributed by atoms with Gasteiger partial charge in [0.2, 0.25) is 0 Å². The van der Waals surface area contributed by atoms with Gasteiger partial charge in [-0.3, -0.25) is 0 Å². The number of alkyl halides is 6. The van der Waals surface area contributed by atoms with Crippen LogP contribution >= 0.6 is 0 Å². The standard InChI is InChI=1S/C16H17F6O4.3C4H9.Sn/c1-3-5-6-7-9-14(8-4-2,12(23)25-10-15(17,18)19)13(24)26-11-16(20,21)22;3*1-3-4-2;/h2-6H,1,7-11H2;3*1,3-4H2,2H3;/b4-2?,6-5+;;;;. The van der Waals surface area contributed by atoms with Crippen molar-refractivity contribution in [1.82, 2.24) is 0 Å². The summed E-state index contributed by atoms with van der Waals surface area (Å²) < 4.78 is 91.3. The number of hydrogen-bond donors (Lipinski definition) is 0. The molecule has 0 aromatic carbocycles. The van der Waals surface area contributed by atoms with E-state index in [0.717, 1.165) is 51.8 Å². The molecule has 0 aromatic rings. The van der Waals surface area contributed by atoms with Gasteiger partial charge in [0.05, 0.1) is 0 Å². The fraction of sp³-hybridized carbons (Fsp3) is 0.714. The summed E-state index contributed by atoms with van der Waals surface area (Å²) in [4.78, 5) is 26.1. The van der Waals surface area contributed by atoms with Gasteiger partial charge in [0.15, 0.2) is 0 Å². The summed E-state index contributed by atoms with van der Waals surface area (Å²) in [6.07, 6.45) is 1.63. The van der Waals surface area contributed by atoms with E-state index in [4.69, 9.17) is 0 Å². The van der Waals surface area contributed by atoms with Crippen LogP contribution in [0.2, 0.25) is 13.3 Å². The first-order valence-corrected chi connectivity index (χ1v) is 21.3. The van der Waals surface area contributed by atoms with Gasteiger partial charge in [0.25, 0.3) is 0 Å². The molecule has 0 N–H and O–H groups in total. The van der Waals surface area contributed by atoms with Crippen LogP contribution in [0.25, 0.3) is 0 Å². The predicted molar refractivity (Wildman–Crippen MR) is 144 cm³/mol. The zero-order valence-electron chi connectivity index (χ0n) is 23.4. The van der Waals surface area contributed by atoms with Gasteiger partial charge in [-0.25, -0.2) is 0 Å². The van der Waals surface area contributed by atoms with Crippen molar-refractivity contribution in [3.05, 3.63) is 35.0 Å². The molecule has 0 aromatic heterocycles. The van der Waals surface area contributed by atoms with Gasteiger partial charge in [-0.15, -0.1) is 0 Å². The number of rotatable bonds is 20. The van der Waals surface area contributed by atoms with Crippen molar-refractivity contribution in [2.75, 3.05) is 13.2 Å². The molecular formula is C28H44F6O4Sn. The zero-order valence-corrected chi connectivity index (χ0v) is 26.2. The zero-order chi connectivity index (χ0) is 30.0. The topological polar surface area (TPSA) is 52.6 Å². The van der Waals surface area contributed by atoms with Gasteiger partial charge in [-0.05, 0) is 0 Å². The van der Waals surface area contributed by atoms with Crippen molar-refractivity contribution < 1.29 is 45.4 Å². The first-order chi connectivity index (χ1) is 18.2. The van der Waals surface area contributed by atoms with Crippen molar-refractivity contribution in [1.29, 1.82) is 0 Å². The predicted octanol–water partition coefficient (Wildman–Crippen LogP) is 9.04. The number of carbonyl (C=O) groups excluding carboxylic acids is 2. The molecule has 226 valence electrons. The van der Waals surface area contributed by atoms with E-state index in [1.165, 1.54) is 18.2 Å². The maximum atomic E-state index is 13.0. The van der Waals surface area contributed by atoms with Crippen LogP contribution in [-0.2, 0) is 19.1 Å². The maximum absolute atomic E-state index is 13.0. The number of carbonyl (C=O) groups is 2. The average molecular weight is 677 g/mol. The van der Waals surface area contributed by atoms with Crippen molar-refractivity contribution in [3.8, 4) is 0 Å². The fourth-order valence-electron chi connectivity index (χ4n) is 4.37. The molecule has 0 unspecified atom stereocenters. The van der Waals surface area contributed by atoms with Crippen molar-refractivity contribution in [2.24, 2.45) is 5.41 Å². The molecule has 0 aliphatic carbocycles. The molecule has 39 heavy (non-hydrogen) atoms. The Morgan fingerprint density at radius 1 is 0.769 bits per heavy atom. The fourth-order valence-corrected chi connectivity index (χ4v) is 18.8. The summed E-state index contributed by atoms with van der Waals surface area (Å²) in [6.45, 7) is 5.86. The summed E-state index contributed by atoms with van der Waals surface area (Å²) in [5.74, 6) is -3.08. The Morgan fingerprint density at radius 3 is 1.56 bits per heavy atom. The van der Waals surface area contributed by atoms with Gasteiger partial charge in [-0.1, -0.05) is 0 Å². The van der Waals surface area contributed by atoms with Crippen molar-refractivity contribution in [2.45, 2.75) is 104 Å². The van der Waals surface area contributed by atoms with Crippen LogP contribution < -0.4 is 0 Å². The third kappa shape index (κ3) is 15.8. The van der Waals surface area contributed by atoms with Gasteiger partial charge < -0.3 is 0 Å². The molecule has 0 saturated carbocycles. The van der Waals surface area contributed by atoms with Crippen molar-refractivity contribution in [3.63, 3.8) is 0 Å². The second kappa shape index (κ2) is 18.8. The molecule has 0 rings (SSSR count). The molecule has 0 spiro atoms. The molecule has 0 radical (unpaired) electrons. The van der Waals surface area contributed by atoms with Gasteiger partial charge >= 0.3 is 234 Å². The summed E-state index contributed by atoms with van der Waals surface area (Å²) in [5, 5.41) is 0. The van der Waals surface area contributed by atoms with Crippen LogP contribution in [0.15, 0.2) is 35.0 Å². The Balaban J connectivity index is 6.51. The molecular weight excluding hydrogens is 633 g/mol. The number of hydrogen-bond acceptors (Lipinski definition) is 4. The molecule has 4 nitrogen and oxygen atoms in total. The molecule has 0 amide bonds. The number of allylic oxidation sites excluding steroid dienone is 4. The summed E-state index contributed by atoms with van der Waals surface area (Å²) in [5.41, 5.74) is -2.35. The molecule has 11 heteroatoms. The number of ether oxygens (including phenoxy) is 2. The summed E-state index contributed by atoms with van der Waals surface area (Å²) >= 11 is -2.95. The van der Waals surface area contributed by atoms with Crippen LogP contribution in [0.4, 0.5) is 26.3 Å². The first-order valence-electron chi connectivity index (χ1n) is 13.6. The second-order valence-electron chi connectivity index (χ2n) is 9.95. The average Bonchev–Trinajstić information content (AvgIpc) is 2.87. The van der Waals surface area contributed by atoms with E-state index in [9.17, 15) is 35.9 Å². The Bertz CT molecular complexity index is 738. The summed E-state index contributed by atoms with van der Waals surface area (Å²) in [6, 6.07) is 0. The third-order valence-corrected chi connectivity index (χ3v) is 20.8. The molecule has 0 saturated heterocycles. The van der Waals surface area contributed by atoms with Crippen LogP contribution in [0.3, 0.4) is 0 Å². The molecule has 0 bridgehead atoms. The Hall–Kier alpha value is -1.46.